The van der Waals surface area contributed by atoms with Gasteiger partial charge in [-0.05, 0) is 48.1 Å². The van der Waals surface area contributed by atoms with Crippen molar-refractivity contribution in [3.05, 3.63) is 34.4 Å². The third-order valence-electron chi connectivity index (χ3n) is 3.82. The van der Waals surface area contributed by atoms with E-state index in [4.69, 9.17) is 4.74 Å². The van der Waals surface area contributed by atoms with Crippen molar-refractivity contribution < 1.29 is 4.74 Å². The van der Waals surface area contributed by atoms with Crippen LogP contribution in [0, 0.1) is 0 Å². The van der Waals surface area contributed by atoms with Gasteiger partial charge in [0.15, 0.2) is 0 Å². The molecule has 1 aromatic rings. The van der Waals surface area contributed by atoms with Gasteiger partial charge in [-0.15, -0.1) is 0 Å². The molecule has 1 atom stereocenters. The Bertz CT molecular complexity index is 400. The van der Waals surface area contributed by atoms with Crippen molar-refractivity contribution in [1.29, 1.82) is 0 Å². The third kappa shape index (κ3) is 1.57. The van der Waals surface area contributed by atoms with E-state index in [1.54, 1.807) is 5.56 Å². The van der Waals surface area contributed by atoms with Crippen LogP contribution in [0.25, 0.3) is 0 Å². The van der Waals surface area contributed by atoms with E-state index in [-0.39, 0.29) is 0 Å². The van der Waals surface area contributed by atoms with Crippen LogP contribution in [0.15, 0.2) is 12.1 Å². The summed E-state index contributed by atoms with van der Waals surface area (Å²) < 4.78 is 5.90. The minimum Gasteiger partial charge on any atom is -0.372 e. The van der Waals surface area contributed by atoms with Crippen LogP contribution in [-0.2, 0) is 24.0 Å². The summed E-state index contributed by atoms with van der Waals surface area (Å²) >= 11 is 0. The smallest absolute Gasteiger partial charge is 0.0954 e. The number of benzene rings is 1. The first-order valence-corrected chi connectivity index (χ1v) is 6.36. The fourth-order valence-corrected chi connectivity index (χ4v) is 3.01. The van der Waals surface area contributed by atoms with Crippen molar-refractivity contribution in [1.82, 2.24) is 5.32 Å². The molecule has 3 rings (SSSR count). The van der Waals surface area contributed by atoms with Gasteiger partial charge < -0.3 is 10.1 Å². The van der Waals surface area contributed by atoms with E-state index in [1.807, 2.05) is 0 Å². The third-order valence-corrected chi connectivity index (χ3v) is 3.82. The van der Waals surface area contributed by atoms with Gasteiger partial charge in [0.05, 0.1) is 12.7 Å². The molecule has 0 amide bonds. The largest absolute Gasteiger partial charge is 0.372 e. The van der Waals surface area contributed by atoms with Gasteiger partial charge in [0.2, 0.25) is 0 Å². The Hall–Kier alpha value is -0.860. The molecule has 2 nitrogen and oxygen atoms in total. The highest BCUT2D eigenvalue weighted by Crippen LogP contribution is 2.33. The summed E-state index contributed by atoms with van der Waals surface area (Å²) in [5, 5.41) is 3.48. The van der Waals surface area contributed by atoms with Gasteiger partial charge in [0.25, 0.3) is 0 Å². The molecule has 0 radical (unpaired) electrons. The van der Waals surface area contributed by atoms with E-state index in [0.717, 1.165) is 39.0 Å². The topological polar surface area (TPSA) is 21.3 Å². The first kappa shape index (κ1) is 10.3. The summed E-state index contributed by atoms with van der Waals surface area (Å²) in [5.74, 6) is 0. The molecule has 16 heavy (non-hydrogen) atoms. The average Bonchev–Trinajstić information content (AvgIpc) is 2.55. The summed E-state index contributed by atoms with van der Waals surface area (Å²) in [6.45, 7) is 5.19. The Morgan fingerprint density at radius 1 is 1.38 bits per heavy atom. The van der Waals surface area contributed by atoms with Crippen molar-refractivity contribution in [3.8, 4) is 0 Å². The SMILES string of the molecule is CCc1ccc2c3c1CCNCC3OCC2. The quantitative estimate of drug-likeness (QED) is 0.777. The standard InChI is InChI=1S/C14H19NO/c1-2-10-3-4-11-6-8-16-13-9-15-7-5-12(10)14(11)13/h3-4,13,15H,2,5-9H2,1H3. The lowest BCUT2D eigenvalue weighted by Crippen LogP contribution is -2.25. The molecule has 0 saturated carbocycles. The number of hydrogen-bond acceptors (Lipinski definition) is 2. The Morgan fingerprint density at radius 3 is 3.19 bits per heavy atom. The molecule has 0 aromatic heterocycles. The molecule has 1 unspecified atom stereocenters. The highest BCUT2D eigenvalue weighted by molar-refractivity contribution is 5.44. The Kier molecular flexibility index (Phi) is 2.70. The summed E-state index contributed by atoms with van der Waals surface area (Å²) in [6, 6.07) is 4.64. The lowest BCUT2D eigenvalue weighted by atomic mass is 9.88. The normalized spacial score (nSPS) is 23.7. The fraction of sp³-hybridized carbons (Fsp3) is 0.571. The van der Waals surface area contributed by atoms with Gasteiger partial charge in [-0.3, -0.25) is 0 Å². The predicted octanol–water partition coefficient (Wildman–Crippen LogP) is 2.01. The van der Waals surface area contributed by atoms with Crippen molar-refractivity contribution in [2.75, 3.05) is 19.7 Å². The summed E-state index contributed by atoms with van der Waals surface area (Å²) in [6.07, 6.45) is 3.68. The van der Waals surface area contributed by atoms with Gasteiger partial charge in [0, 0.05) is 6.54 Å². The molecule has 2 heteroatoms. The van der Waals surface area contributed by atoms with Crippen LogP contribution in [-0.4, -0.2) is 19.7 Å². The fourth-order valence-electron chi connectivity index (χ4n) is 3.01. The van der Waals surface area contributed by atoms with Crippen molar-refractivity contribution in [2.24, 2.45) is 0 Å². The molecule has 2 aliphatic heterocycles. The van der Waals surface area contributed by atoms with Gasteiger partial charge in [0.1, 0.15) is 0 Å². The minimum absolute atomic E-state index is 0.299. The van der Waals surface area contributed by atoms with E-state index in [9.17, 15) is 0 Å². The summed E-state index contributed by atoms with van der Waals surface area (Å²) in [7, 11) is 0. The van der Waals surface area contributed by atoms with Crippen LogP contribution in [0.3, 0.4) is 0 Å². The molecule has 1 aromatic carbocycles. The van der Waals surface area contributed by atoms with E-state index in [1.165, 1.54) is 16.7 Å². The number of ether oxygens (including phenoxy) is 1. The highest BCUT2D eigenvalue weighted by atomic mass is 16.5. The Morgan fingerprint density at radius 2 is 2.31 bits per heavy atom. The monoisotopic (exact) mass is 217 g/mol. The summed E-state index contributed by atoms with van der Waals surface area (Å²) in [4.78, 5) is 0. The van der Waals surface area contributed by atoms with E-state index in [2.05, 4.69) is 24.4 Å². The molecule has 0 aliphatic carbocycles. The molecule has 2 heterocycles. The van der Waals surface area contributed by atoms with Gasteiger partial charge in [-0.25, -0.2) is 0 Å². The molecule has 1 N–H and O–H groups in total. The zero-order chi connectivity index (χ0) is 11.0. The zero-order valence-electron chi connectivity index (χ0n) is 9.88. The minimum atomic E-state index is 0.299. The molecule has 0 saturated heterocycles. The molecule has 0 bridgehead atoms. The predicted molar refractivity (Wildman–Crippen MR) is 64.8 cm³/mol. The van der Waals surface area contributed by atoms with Crippen LogP contribution in [0.1, 0.15) is 35.3 Å². The second-order valence-electron chi connectivity index (χ2n) is 4.69. The Balaban J connectivity index is 2.16. The number of hydrogen-bond donors (Lipinski definition) is 1. The van der Waals surface area contributed by atoms with E-state index < -0.39 is 0 Å². The summed E-state index contributed by atoms with van der Waals surface area (Å²) in [5.41, 5.74) is 6.11. The average molecular weight is 217 g/mol. The Labute approximate surface area is 97.0 Å². The van der Waals surface area contributed by atoms with Crippen LogP contribution in [0.4, 0.5) is 0 Å². The second-order valence-corrected chi connectivity index (χ2v) is 4.69. The van der Waals surface area contributed by atoms with E-state index >= 15 is 0 Å². The molecule has 0 fully saturated rings. The molecular weight excluding hydrogens is 198 g/mol. The zero-order valence-corrected chi connectivity index (χ0v) is 9.88. The number of aryl methyl sites for hydroxylation is 1. The lowest BCUT2D eigenvalue weighted by molar-refractivity contribution is 0.0440. The van der Waals surface area contributed by atoms with Crippen LogP contribution in [0.5, 0.6) is 0 Å². The molecule has 2 aliphatic rings. The maximum Gasteiger partial charge on any atom is 0.0954 e. The van der Waals surface area contributed by atoms with Crippen molar-refractivity contribution in [2.45, 2.75) is 32.3 Å². The van der Waals surface area contributed by atoms with Crippen LogP contribution >= 0.6 is 0 Å². The van der Waals surface area contributed by atoms with Gasteiger partial charge >= 0.3 is 0 Å². The van der Waals surface area contributed by atoms with E-state index in [0.29, 0.717) is 6.10 Å². The number of rotatable bonds is 1. The van der Waals surface area contributed by atoms with Crippen molar-refractivity contribution in [3.63, 3.8) is 0 Å². The van der Waals surface area contributed by atoms with Gasteiger partial charge in [-0.2, -0.15) is 0 Å². The first-order valence-electron chi connectivity index (χ1n) is 6.36. The molecule has 86 valence electrons. The maximum absolute atomic E-state index is 5.90. The van der Waals surface area contributed by atoms with Crippen LogP contribution in [0.2, 0.25) is 0 Å². The molecule has 0 spiro atoms. The van der Waals surface area contributed by atoms with Gasteiger partial charge in [-0.1, -0.05) is 19.1 Å². The lowest BCUT2D eigenvalue weighted by Gasteiger charge is -2.27. The molecular formula is C14H19NO. The highest BCUT2D eigenvalue weighted by Gasteiger charge is 2.26. The van der Waals surface area contributed by atoms with Crippen LogP contribution < -0.4 is 5.32 Å². The maximum atomic E-state index is 5.90. The first-order chi connectivity index (χ1) is 7.90. The number of nitrogens with one attached hydrogen (secondary N) is 1. The van der Waals surface area contributed by atoms with Crippen molar-refractivity contribution >= 4 is 0 Å². The second kappa shape index (κ2) is 4.19.